The van der Waals surface area contributed by atoms with Crippen LogP contribution in [0.3, 0.4) is 0 Å². The Hall–Kier alpha value is -0.730. The predicted molar refractivity (Wildman–Crippen MR) is 65.8 cm³/mol. The smallest absolute Gasteiger partial charge is 0.450 e. The number of hydrogen-bond donors (Lipinski definition) is 1. The Kier molecular flexibility index (Phi) is 10.3. The van der Waals surface area contributed by atoms with Gasteiger partial charge in [-0.25, -0.2) is 4.79 Å². The minimum absolute atomic E-state index is 0.104. The first-order valence-electron chi connectivity index (χ1n) is 6.60. The summed E-state index contributed by atoms with van der Waals surface area (Å²) in [5.74, 6) is 0. The van der Waals surface area contributed by atoms with Gasteiger partial charge in [-0.2, -0.15) is 0 Å². The van der Waals surface area contributed by atoms with Crippen LogP contribution in [-0.4, -0.2) is 17.4 Å². The van der Waals surface area contributed by atoms with Crippen LogP contribution in [0.5, 0.6) is 0 Å². The summed E-state index contributed by atoms with van der Waals surface area (Å²) in [6, 6.07) is 0. The second kappa shape index (κ2) is 10.8. The van der Waals surface area contributed by atoms with E-state index in [0.29, 0.717) is 0 Å². The Bertz CT molecular complexity index is 169. The predicted octanol–water partition coefficient (Wildman–Crippen LogP) is 4.60. The molecule has 0 aromatic carbocycles. The number of rotatable bonds is 10. The summed E-state index contributed by atoms with van der Waals surface area (Å²) in [7, 11) is 0. The van der Waals surface area contributed by atoms with Gasteiger partial charge in [-0.15, -0.1) is 0 Å². The molecule has 0 aromatic rings. The molecule has 0 saturated heterocycles. The summed E-state index contributed by atoms with van der Waals surface area (Å²) in [6.45, 7) is 4.18. The molecule has 0 spiro atoms. The molecule has 16 heavy (non-hydrogen) atoms. The van der Waals surface area contributed by atoms with E-state index in [1.54, 1.807) is 0 Å². The highest BCUT2D eigenvalue weighted by Crippen LogP contribution is 2.13. The Morgan fingerprint density at radius 3 is 2.12 bits per heavy atom. The van der Waals surface area contributed by atoms with Crippen molar-refractivity contribution in [3.63, 3.8) is 0 Å². The first-order chi connectivity index (χ1) is 7.70. The van der Waals surface area contributed by atoms with Gasteiger partial charge in [0.1, 0.15) is 6.10 Å². The zero-order valence-corrected chi connectivity index (χ0v) is 10.7. The van der Waals surface area contributed by atoms with Crippen molar-refractivity contribution in [3.8, 4) is 0 Å². The Labute approximate surface area is 99.2 Å². The molecule has 1 unspecified atom stereocenters. The third-order valence-corrected chi connectivity index (χ3v) is 2.85. The highest BCUT2D eigenvalue weighted by molar-refractivity contribution is 5.57. The molecular weight excluding hydrogens is 204 g/mol. The summed E-state index contributed by atoms with van der Waals surface area (Å²) in [5.41, 5.74) is 0. The lowest BCUT2D eigenvalue weighted by Gasteiger charge is -2.13. The van der Waals surface area contributed by atoms with E-state index in [1.165, 1.54) is 38.5 Å². The number of carboxylic acid groups (broad SMARTS) is 1. The molecule has 3 nitrogen and oxygen atoms in total. The van der Waals surface area contributed by atoms with Gasteiger partial charge in [0, 0.05) is 0 Å². The number of unbranched alkanes of at least 4 members (excludes halogenated alkanes) is 6. The summed E-state index contributed by atoms with van der Waals surface area (Å²) in [4.78, 5) is 10.4. The van der Waals surface area contributed by atoms with Crippen molar-refractivity contribution >= 4 is 6.16 Å². The van der Waals surface area contributed by atoms with Gasteiger partial charge >= 0.3 is 6.16 Å². The van der Waals surface area contributed by atoms with Gasteiger partial charge in [-0.1, -0.05) is 52.4 Å². The summed E-state index contributed by atoms with van der Waals surface area (Å²) >= 11 is 0. The molecular formula is C13H26O3. The molecule has 0 fully saturated rings. The van der Waals surface area contributed by atoms with Crippen molar-refractivity contribution < 1.29 is 14.6 Å². The molecule has 0 radical (unpaired) electrons. The van der Waals surface area contributed by atoms with Crippen LogP contribution < -0.4 is 0 Å². The van der Waals surface area contributed by atoms with E-state index in [1.807, 2.05) is 6.92 Å². The molecule has 0 amide bonds. The fourth-order valence-electron chi connectivity index (χ4n) is 1.82. The number of hydrogen-bond acceptors (Lipinski definition) is 2. The second-order valence-electron chi connectivity index (χ2n) is 4.32. The van der Waals surface area contributed by atoms with Crippen LogP contribution in [0.2, 0.25) is 0 Å². The van der Waals surface area contributed by atoms with E-state index in [-0.39, 0.29) is 6.10 Å². The van der Waals surface area contributed by atoms with Crippen LogP contribution in [0.1, 0.15) is 71.6 Å². The SMILES string of the molecule is CCCCCCCCCC(CC)OC(=O)O. The maximum Gasteiger partial charge on any atom is 0.506 e. The van der Waals surface area contributed by atoms with Crippen molar-refractivity contribution in [3.05, 3.63) is 0 Å². The average molecular weight is 230 g/mol. The first kappa shape index (κ1) is 15.3. The molecule has 0 rings (SSSR count). The normalized spacial score (nSPS) is 12.4. The summed E-state index contributed by atoms with van der Waals surface area (Å²) < 4.78 is 4.76. The monoisotopic (exact) mass is 230 g/mol. The lowest BCUT2D eigenvalue weighted by Crippen LogP contribution is -2.15. The van der Waals surface area contributed by atoms with E-state index in [0.717, 1.165) is 19.3 Å². The van der Waals surface area contributed by atoms with Crippen LogP contribution in [0.25, 0.3) is 0 Å². The van der Waals surface area contributed by atoms with Crippen molar-refractivity contribution in [2.45, 2.75) is 77.7 Å². The minimum atomic E-state index is -1.14. The van der Waals surface area contributed by atoms with Crippen molar-refractivity contribution in [2.24, 2.45) is 0 Å². The lowest BCUT2D eigenvalue weighted by atomic mass is 10.1. The topological polar surface area (TPSA) is 46.5 Å². The molecule has 1 atom stereocenters. The maximum absolute atomic E-state index is 10.4. The van der Waals surface area contributed by atoms with Crippen molar-refractivity contribution in [2.75, 3.05) is 0 Å². The number of ether oxygens (including phenoxy) is 1. The highest BCUT2D eigenvalue weighted by atomic mass is 16.7. The van der Waals surface area contributed by atoms with Crippen LogP contribution in [0, 0.1) is 0 Å². The quantitative estimate of drug-likeness (QED) is 0.440. The average Bonchev–Trinajstić information content (AvgIpc) is 2.25. The molecule has 0 bridgehead atoms. The van der Waals surface area contributed by atoms with Gasteiger partial charge in [0.2, 0.25) is 0 Å². The highest BCUT2D eigenvalue weighted by Gasteiger charge is 2.10. The van der Waals surface area contributed by atoms with Crippen LogP contribution >= 0.6 is 0 Å². The van der Waals surface area contributed by atoms with Crippen molar-refractivity contribution in [1.82, 2.24) is 0 Å². The molecule has 0 aliphatic carbocycles. The Morgan fingerprint density at radius 1 is 1.06 bits per heavy atom. The lowest BCUT2D eigenvalue weighted by molar-refractivity contribution is 0.0454. The van der Waals surface area contributed by atoms with E-state index in [9.17, 15) is 4.79 Å². The van der Waals surface area contributed by atoms with Crippen LogP contribution in [-0.2, 0) is 4.74 Å². The Morgan fingerprint density at radius 2 is 1.62 bits per heavy atom. The van der Waals surface area contributed by atoms with Gasteiger partial charge in [0.15, 0.2) is 0 Å². The molecule has 0 heterocycles. The van der Waals surface area contributed by atoms with E-state index >= 15 is 0 Å². The van der Waals surface area contributed by atoms with Crippen LogP contribution in [0.15, 0.2) is 0 Å². The zero-order valence-electron chi connectivity index (χ0n) is 10.7. The van der Waals surface area contributed by atoms with Gasteiger partial charge in [-0.05, 0) is 19.3 Å². The van der Waals surface area contributed by atoms with Gasteiger partial charge in [-0.3, -0.25) is 0 Å². The summed E-state index contributed by atoms with van der Waals surface area (Å²) in [6.07, 6.45) is 9.21. The molecule has 0 saturated carbocycles. The maximum atomic E-state index is 10.4. The standard InChI is InChI=1S/C13H26O3/c1-3-5-6-7-8-9-10-11-12(4-2)16-13(14)15/h12H,3-11H2,1-2H3,(H,14,15). The van der Waals surface area contributed by atoms with Crippen molar-refractivity contribution in [1.29, 1.82) is 0 Å². The van der Waals surface area contributed by atoms with E-state index < -0.39 is 6.16 Å². The Balaban J connectivity index is 3.31. The van der Waals surface area contributed by atoms with Gasteiger partial charge in [0.25, 0.3) is 0 Å². The minimum Gasteiger partial charge on any atom is -0.450 e. The zero-order chi connectivity index (χ0) is 12.2. The van der Waals surface area contributed by atoms with E-state index in [4.69, 9.17) is 9.84 Å². The number of carbonyl (C=O) groups is 1. The van der Waals surface area contributed by atoms with Crippen LogP contribution in [0.4, 0.5) is 4.79 Å². The molecule has 0 aromatic heterocycles. The van der Waals surface area contributed by atoms with Gasteiger partial charge in [0.05, 0.1) is 0 Å². The fraction of sp³-hybridized carbons (Fsp3) is 0.923. The molecule has 0 aliphatic rings. The molecule has 0 aliphatic heterocycles. The van der Waals surface area contributed by atoms with E-state index in [2.05, 4.69) is 6.92 Å². The molecule has 96 valence electrons. The third kappa shape index (κ3) is 9.81. The largest absolute Gasteiger partial charge is 0.506 e. The molecule has 1 N–H and O–H groups in total. The summed E-state index contributed by atoms with van der Waals surface area (Å²) in [5, 5.41) is 8.49. The third-order valence-electron chi connectivity index (χ3n) is 2.85. The first-order valence-corrected chi connectivity index (χ1v) is 6.60. The fourth-order valence-corrected chi connectivity index (χ4v) is 1.82. The van der Waals surface area contributed by atoms with Gasteiger partial charge < -0.3 is 9.84 Å². The second-order valence-corrected chi connectivity index (χ2v) is 4.32. The molecule has 3 heteroatoms.